The van der Waals surface area contributed by atoms with Crippen molar-refractivity contribution in [1.82, 2.24) is 5.32 Å². The lowest BCUT2D eigenvalue weighted by atomic mass is 10.1. The summed E-state index contributed by atoms with van der Waals surface area (Å²) in [4.78, 5) is 0. The molecule has 0 fully saturated rings. The number of hydrogen-bond acceptors (Lipinski definition) is 3. The van der Waals surface area contributed by atoms with Crippen molar-refractivity contribution in [2.75, 3.05) is 6.54 Å². The van der Waals surface area contributed by atoms with Crippen molar-refractivity contribution in [3.05, 3.63) is 65.2 Å². The molecule has 0 aliphatic rings. The Balaban J connectivity index is 1.90. The van der Waals surface area contributed by atoms with E-state index in [2.05, 4.69) is 5.32 Å². The lowest BCUT2D eigenvalue weighted by Gasteiger charge is -2.13. The number of para-hydroxylation sites is 1. The Morgan fingerprint density at radius 1 is 1.05 bits per heavy atom. The summed E-state index contributed by atoms with van der Waals surface area (Å²) in [6.45, 7) is 0.535. The van der Waals surface area contributed by atoms with Gasteiger partial charge in [-0.25, -0.2) is 8.78 Å². The van der Waals surface area contributed by atoms with Crippen molar-refractivity contribution >= 4 is 0 Å². The molecule has 1 atom stereocenters. The molecular formula is C15H15F2NO2. The third kappa shape index (κ3) is 3.53. The van der Waals surface area contributed by atoms with E-state index in [0.717, 1.165) is 12.1 Å². The SMILES string of the molecule is Oc1ccccc1CNCC(O)c1ccc(F)c(F)c1. The summed E-state index contributed by atoms with van der Waals surface area (Å²) in [5.74, 6) is -1.76. The quantitative estimate of drug-likeness (QED) is 0.788. The zero-order chi connectivity index (χ0) is 14.5. The lowest BCUT2D eigenvalue weighted by molar-refractivity contribution is 0.173. The van der Waals surface area contributed by atoms with Gasteiger partial charge in [-0.15, -0.1) is 0 Å². The fourth-order valence-electron chi connectivity index (χ4n) is 1.84. The molecule has 1 unspecified atom stereocenters. The molecule has 0 saturated carbocycles. The van der Waals surface area contributed by atoms with Crippen molar-refractivity contribution in [1.29, 1.82) is 0 Å². The number of aromatic hydroxyl groups is 1. The minimum Gasteiger partial charge on any atom is -0.508 e. The molecule has 0 heterocycles. The van der Waals surface area contributed by atoms with E-state index in [9.17, 15) is 19.0 Å². The molecule has 106 valence electrons. The highest BCUT2D eigenvalue weighted by Gasteiger charge is 2.10. The van der Waals surface area contributed by atoms with Crippen LogP contribution in [-0.4, -0.2) is 16.8 Å². The summed E-state index contributed by atoms with van der Waals surface area (Å²) in [7, 11) is 0. The minimum atomic E-state index is -0.984. The second-order valence-electron chi connectivity index (χ2n) is 4.45. The van der Waals surface area contributed by atoms with E-state index in [-0.39, 0.29) is 12.3 Å². The minimum absolute atomic E-state index is 0.166. The van der Waals surface area contributed by atoms with E-state index in [1.165, 1.54) is 6.07 Å². The average Bonchev–Trinajstić information content (AvgIpc) is 2.44. The van der Waals surface area contributed by atoms with E-state index < -0.39 is 17.7 Å². The number of rotatable bonds is 5. The van der Waals surface area contributed by atoms with Crippen molar-refractivity contribution < 1.29 is 19.0 Å². The van der Waals surface area contributed by atoms with Crippen LogP contribution in [0.4, 0.5) is 8.78 Å². The molecule has 2 rings (SSSR count). The molecule has 0 aliphatic heterocycles. The number of phenolic OH excluding ortho intramolecular Hbond substituents is 1. The van der Waals surface area contributed by atoms with Gasteiger partial charge in [0.25, 0.3) is 0 Å². The maximum Gasteiger partial charge on any atom is 0.159 e. The zero-order valence-corrected chi connectivity index (χ0v) is 10.7. The second kappa shape index (κ2) is 6.45. The third-order valence-electron chi connectivity index (χ3n) is 2.97. The Morgan fingerprint density at radius 2 is 1.80 bits per heavy atom. The summed E-state index contributed by atoms with van der Waals surface area (Å²) < 4.78 is 25.8. The maximum atomic E-state index is 13.0. The molecule has 5 heteroatoms. The molecule has 0 spiro atoms. The first-order valence-electron chi connectivity index (χ1n) is 6.18. The van der Waals surface area contributed by atoms with Crippen molar-refractivity contribution in [3.8, 4) is 5.75 Å². The molecule has 20 heavy (non-hydrogen) atoms. The fraction of sp³-hybridized carbons (Fsp3) is 0.200. The molecule has 3 nitrogen and oxygen atoms in total. The van der Waals surface area contributed by atoms with E-state index in [4.69, 9.17) is 0 Å². The molecule has 3 N–H and O–H groups in total. The van der Waals surface area contributed by atoms with Crippen molar-refractivity contribution in [2.24, 2.45) is 0 Å². The van der Waals surface area contributed by atoms with Gasteiger partial charge in [0.2, 0.25) is 0 Å². The molecule has 0 amide bonds. The van der Waals surface area contributed by atoms with Crippen LogP contribution in [0.2, 0.25) is 0 Å². The summed E-state index contributed by atoms with van der Waals surface area (Å²) in [5, 5.41) is 22.4. The van der Waals surface area contributed by atoms with Crippen molar-refractivity contribution in [2.45, 2.75) is 12.6 Å². The van der Waals surface area contributed by atoms with Crippen LogP contribution in [0.3, 0.4) is 0 Å². The first kappa shape index (κ1) is 14.4. The van der Waals surface area contributed by atoms with Crippen LogP contribution in [0.5, 0.6) is 5.75 Å². The van der Waals surface area contributed by atoms with Gasteiger partial charge in [0.1, 0.15) is 5.75 Å². The Hall–Kier alpha value is -1.98. The molecule has 0 aromatic heterocycles. The van der Waals surface area contributed by atoms with Crippen LogP contribution in [0.1, 0.15) is 17.2 Å². The molecule has 2 aromatic carbocycles. The Labute approximate surface area is 115 Å². The van der Waals surface area contributed by atoms with Crippen LogP contribution >= 0.6 is 0 Å². The molecule has 0 radical (unpaired) electrons. The molecule has 0 aliphatic carbocycles. The number of phenols is 1. The number of benzene rings is 2. The number of aliphatic hydroxyl groups is 1. The van der Waals surface area contributed by atoms with Gasteiger partial charge >= 0.3 is 0 Å². The molecular weight excluding hydrogens is 264 g/mol. The molecule has 0 saturated heterocycles. The van der Waals surface area contributed by atoms with E-state index >= 15 is 0 Å². The van der Waals surface area contributed by atoms with Gasteiger partial charge < -0.3 is 15.5 Å². The summed E-state index contributed by atoms with van der Waals surface area (Å²) in [6, 6.07) is 10.1. The lowest BCUT2D eigenvalue weighted by Crippen LogP contribution is -2.21. The summed E-state index contributed by atoms with van der Waals surface area (Å²) >= 11 is 0. The number of aliphatic hydroxyl groups excluding tert-OH is 1. The van der Waals surface area contributed by atoms with Gasteiger partial charge in [0, 0.05) is 18.7 Å². The summed E-state index contributed by atoms with van der Waals surface area (Å²) in [6.07, 6.45) is -0.948. The van der Waals surface area contributed by atoms with Crippen LogP contribution in [-0.2, 0) is 6.54 Å². The van der Waals surface area contributed by atoms with Gasteiger partial charge in [-0.1, -0.05) is 24.3 Å². The average molecular weight is 279 g/mol. The highest BCUT2D eigenvalue weighted by atomic mass is 19.2. The smallest absolute Gasteiger partial charge is 0.159 e. The summed E-state index contributed by atoms with van der Waals surface area (Å²) in [5.41, 5.74) is 0.999. The standard InChI is InChI=1S/C15H15F2NO2/c16-12-6-5-10(7-13(12)17)15(20)9-18-8-11-3-1-2-4-14(11)19/h1-7,15,18-20H,8-9H2. The first-order chi connectivity index (χ1) is 9.58. The van der Waals surface area contributed by atoms with Crippen LogP contribution in [0.15, 0.2) is 42.5 Å². The molecule has 2 aromatic rings. The van der Waals surface area contributed by atoms with Gasteiger partial charge in [-0.05, 0) is 23.8 Å². The van der Waals surface area contributed by atoms with Crippen molar-refractivity contribution in [3.63, 3.8) is 0 Å². The van der Waals surface area contributed by atoms with Gasteiger partial charge in [-0.3, -0.25) is 0 Å². The molecule has 0 bridgehead atoms. The Morgan fingerprint density at radius 3 is 2.50 bits per heavy atom. The first-order valence-corrected chi connectivity index (χ1v) is 6.18. The highest BCUT2D eigenvalue weighted by molar-refractivity contribution is 5.31. The van der Waals surface area contributed by atoms with E-state index in [1.807, 2.05) is 0 Å². The number of nitrogens with one attached hydrogen (secondary N) is 1. The van der Waals surface area contributed by atoms with Crippen LogP contribution < -0.4 is 5.32 Å². The second-order valence-corrected chi connectivity index (χ2v) is 4.45. The Kier molecular flexibility index (Phi) is 4.65. The maximum absolute atomic E-state index is 13.0. The van der Waals surface area contributed by atoms with Gasteiger partial charge in [0.15, 0.2) is 11.6 Å². The fourth-order valence-corrected chi connectivity index (χ4v) is 1.84. The van der Waals surface area contributed by atoms with Gasteiger partial charge in [0.05, 0.1) is 6.10 Å². The predicted molar refractivity (Wildman–Crippen MR) is 71.1 cm³/mol. The zero-order valence-electron chi connectivity index (χ0n) is 10.7. The monoisotopic (exact) mass is 279 g/mol. The normalized spacial score (nSPS) is 12.3. The number of halogens is 2. The highest BCUT2D eigenvalue weighted by Crippen LogP contribution is 2.17. The van der Waals surface area contributed by atoms with E-state index in [1.54, 1.807) is 24.3 Å². The van der Waals surface area contributed by atoms with E-state index in [0.29, 0.717) is 17.7 Å². The number of hydrogen-bond donors (Lipinski definition) is 3. The largest absolute Gasteiger partial charge is 0.508 e. The Bertz CT molecular complexity index is 590. The predicted octanol–water partition coefficient (Wildman–Crippen LogP) is 2.49. The third-order valence-corrected chi connectivity index (χ3v) is 2.97. The van der Waals surface area contributed by atoms with Gasteiger partial charge in [-0.2, -0.15) is 0 Å². The topological polar surface area (TPSA) is 52.5 Å². The van der Waals surface area contributed by atoms with Crippen LogP contribution in [0.25, 0.3) is 0 Å². The van der Waals surface area contributed by atoms with Crippen LogP contribution in [0, 0.1) is 11.6 Å².